The molecule has 0 saturated carbocycles. The first-order chi connectivity index (χ1) is 12.3. The first-order valence-corrected chi connectivity index (χ1v) is 8.86. The Morgan fingerprint density at radius 3 is 2.80 bits per heavy atom. The second-order valence-electron chi connectivity index (χ2n) is 6.25. The largest absolute Gasteiger partial charge is 0.385 e. The molecule has 0 fully saturated rings. The molecule has 2 aromatic rings. The number of nitrogens with one attached hydrogen (secondary N) is 2. The van der Waals surface area contributed by atoms with E-state index in [1.54, 1.807) is 30.2 Å². The van der Waals surface area contributed by atoms with Crippen molar-refractivity contribution in [2.24, 2.45) is 0 Å². The van der Waals surface area contributed by atoms with Crippen molar-refractivity contribution in [3.8, 4) is 0 Å². The van der Waals surface area contributed by atoms with E-state index in [2.05, 4.69) is 26.7 Å². The van der Waals surface area contributed by atoms with Crippen molar-refractivity contribution < 1.29 is 4.79 Å². The highest BCUT2D eigenvalue weighted by Gasteiger charge is 2.08. The van der Waals surface area contributed by atoms with Gasteiger partial charge in [0.2, 0.25) is 0 Å². The molecule has 2 N–H and O–H groups in total. The average Bonchev–Trinajstić information content (AvgIpc) is 2.68. The Bertz CT molecular complexity index is 727. The van der Waals surface area contributed by atoms with Gasteiger partial charge in [-0.05, 0) is 61.9 Å². The van der Waals surface area contributed by atoms with Crippen molar-refractivity contribution in [1.82, 2.24) is 15.3 Å². The van der Waals surface area contributed by atoms with Gasteiger partial charge < -0.3 is 10.6 Å². The first-order valence-electron chi connectivity index (χ1n) is 8.86. The minimum absolute atomic E-state index is 0.171. The van der Waals surface area contributed by atoms with Gasteiger partial charge in [0.05, 0.1) is 0 Å². The molecule has 1 aliphatic rings. The number of anilines is 1. The Morgan fingerprint density at radius 2 is 2.00 bits per heavy atom. The molecule has 0 aliphatic heterocycles. The molecule has 5 heteroatoms. The lowest BCUT2D eigenvalue weighted by Crippen LogP contribution is -2.23. The fraction of sp³-hybridized carbons (Fsp3) is 0.350. The molecule has 0 spiro atoms. The van der Waals surface area contributed by atoms with Gasteiger partial charge in [-0.1, -0.05) is 11.6 Å². The summed E-state index contributed by atoms with van der Waals surface area (Å²) in [6.45, 7) is 1.35. The van der Waals surface area contributed by atoms with Gasteiger partial charge in [-0.25, -0.2) is 0 Å². The summed E-state index contributed by atoms with van der Waals surface area (Å²) in [5.41, 5.74) is 3.91. The maximum atomic E-state index is 12.3. The number of carbonyl (C=O) groups excluding carboxylic acids is 1. The number of hydrogen-bond acceptors (Lipinski definition) is 4. The Morgan fingerprint density at radius 1 is 1.12 bits per heavy atom. The summed E-state index contributed by atoms with van der Waals surface area (Å²) in [5.74, 6) is -0.171. The highest BCUT2D eigenvalue weighted by Crippen LogP contribution is 2.20. The van der Waals surface area contributed by atoms with E-state index in [1.807, 2.05) is 18.2 Å². The molecule has 0 bridgehead atoms. The van der Waals surface area contributed by atoms with Gasteiger partial charge in [0.25, 0.3) is 5.91 Å². The monoisotopic (exact) mass is 336 g/mol. The fourth-order valence-corrected chi connectivity index (χ4v) is 2.94. The van der Waals surface area contributed by atoms with E-state index < -0.39 is 0 Å². The van der Waals surface area contributed by atoms with Crippen molar-refractivity contribution in [1.29, 1.82) is 0 Å². The summed E-state index contributed by atoms with van der Waals surface area (Å²) in [6, 6.07) is 7.46. The van der Waals surface area contributed by atoms with Gasteiger partial charge in [-0.2, -0.15) is 0 Å². The van der Waals surface area contributed by atoms with E-state index >= 15 is 0 Å². The third kappa shape index (κ3) is 5.41. The zero-order valence-electron chi connectivity index (χ0n) is 14.4. The number of pyridine rings is 2. The molecule has 0 atom stereocenters. The minimum Gasteiger partial charge on any atom is -0.385 e. The zero-order valence-corrected chi connectivity index (χ0v) is 14.4. The van der Waals surface area contributed by atoms with E-state index in [9.17, 15) is 4.79 Å². The summed E-state index contributed by atoms with van der Waals surface area (Å²) < 4.78 is 0. The second kappa shape index (κ2) is 8.97. The average molecular weight is 336 g/mol. The van der Waals surface area contributed by atoms with Crippen LogP contribution < -0.4 is 10.6 Å². The predicted octanol–water partition coefficient (Wildman–Crippen LogP) is 3.71. The minimum atomic E-state index is -0.171. The van der Waals surface area contributed by atoms with Crippen molar-refractivity contribution >= 4 is 11.6 Å². The van der Waals surface area contributed by atoms with Gasteiger partial charge >= 0.3 is 0 Å². The topological polar surface area (TPSA) is 66.9 Å². The number of carbonyl (C=O) groups is 1. The molecule has 0 saturated heterocycles. The summed E-state index contributed by atoms with van der Waals surface area (Å²) in [4.78, 5) is 20.4. The number of hydrogen-bond donors (Lipinski definition) is 2. The fourth-order valence-electron chi connectivity index (χ4n) is 2.94. The Balaban J connectivity index is 1.50. The molecule has 0 radical (unpaired) electrons. The molecular formula is C20H24N4O. The normalized spacial score (nSPS) is 13.8. The van der Waals surface area contributed by atoms with Crippen LogP contribution in [0.1, 0.15) is 48.2 Å². The van der Waals surface area contributed by atoms with Crippen LogP contribution in [-0.2, 0) is 6.54 Å². The molecule has 130 valence electrons. The van der Waals surface area contributed by atoms with Crippen molar-refractivity contribution in [3.05, 3.63) is 65.8 Å². The molecule has 0 aromatic carbocycles. The quantitative estimate of drug-likeness (QED) is 0.757. The van der Waals surface area contributed by atoms with Crippen LogP contribution >= 0.6 is 0 Å². The number of allylic oxidation sites excluding steroid dienone is 1. The Kier molecular flexibility index (Phi) is 6.15. The third-order valence-electron chi connectivity index (χ3n) is 4.36. The first kappa shape index (κ1) is 17.1. The van der Waals surface area contributed by atoms with Crippen LogP contribution in [0.2, 0.25) is 0 Å². The highest BCUT2D eigenvalue weighted by atomic mass is 16.1. The molecule has 3 rings (SSSR count). The van der Waals surface area contributed by atoms with Gasteiger partial charge in [0.1, 0.15) is 5.69 Å². The second-order valence-corrected chi connectivity index (χ2v) is 6.25. The lowest BCUT2D eigenvalue weighted by molar-refractivity contribution is 0.0946. The molecule has 0 unspecified atom stereocenters. The van der Waals surface area contributed by atoms with E-state index in [0.29, 0.717) is 12.2 Å². The number of aromatic nitrogens is 2. The van der Waals surface area contributed by atoms with Gasteiger partial charge in [0, 0.05) is 37.4 Å². The van der Waals surface area contributed by atoms with Crippen molar-refractivity contribution in [2.75, 3.05) is 11.9 Å². The van der Waals surface area contributed by atoms with Crippen LogP contribution in [0.3, 0.4) is 0 Å². The summed E-state index contributed by atoms with van der Waals surface area (Å²) in [7, 11) is 0. The SMILES string of the molecule is O=C(NCc1ccncc1)c1cc(NCCC2=CCCCC2)ccn1. The number of nitrogens with zero attached hydrogens (tertiary/aromatic N) is 2. The maximum Gasteiger partial charge on any atom is 0.270 e. The van der Waals surface area contributed by atoms with Crippen LogP contribution in [0, 0.1) is 0 Å². The van der Waals surface area contributed by atoms with E-state index in [1.165, 1.54) is 25.7 Å². The van der Waals surface area contributed by atoms with Gasteiger partial charge in [-0.3, -0.25) is 14.8 Å². The Labute approximate surface area is 148 Å². The van der Waals surface area contributed by atoms with Crippen LogP contribution in [0.5, 0.6) is 0 Å². The standard InChI is InChI=1S/C20H24N4O/c25-20(24-15-17-6-10-21-11-7-17)19-14-18(9-13-23-19)22-12-8-16-4-2-1-3-5-16/h4,6-7,9-11,13-14H,1-3,5,8,12,15H2,(H,22,23)(H,24,25). The van der Waals surface area contributed by atoms with Crippen molar-refractivity contribution in [3.63, 3.8) is 0 Å². The molecule has 2 heterocycles. The molecule has 2 aromatic heterocycles. The molecule has 5 nitrogen and oxygen atoms in total. The van der Waals surface area contributed by atoms with Crippen LogP contribution in [0.15, 0.2) is 54.5 Å². The molecule has 1 aliphatic carbocycles. The molecular weight excluding hydrogens is 312 g/mol. The van der Waals surface area contributed by atoms with Crippen LogP contribution in [0.25, 0.3) is 0 Å². The highest BCUT2D eigenvalue weighted by molar-refractivity contribution is 5.93. The van der Waals surface area contributed by atoms with E-state index in [0.717, 1.165) is 24.2 Å². The predicted molar refractivity (Wildman–Crippen MR) is 99.3 cm³/mol. The van der Waals surface area contributed by atoms with E-state index in [-0.39, 0.29) is 5.91 Å². The summed E-state index contributed by atoms with van der Waals surface area (Å²) in [6.07, 6.45) is 13.6. The number of rotatable bonds is 7. The number of amides is 1. The summed E-state index contributed by atoms with van der Waals surface area (Å²) in [5, 5.41) is 6.28. The zero-order chi connectivity index (χ0) is 17.3. The van der Waals surface area contributed by atoms with Crippen molar-refractivity contribution in [2.45, 2.75) is 38.6 Å². The molecule has 1 amide bonds. The third-order valence-corrected chi connectivity index (χ3v) is 4.36. The maximum absolute atomic E-state index is 12.3. The van der Waals surface area contributed by atoms with Crippen LogP contribution in [-0.4, -0.2) is 22.4 Å². The van der Waals surface area contributed by atoms with Gasteiger partial charge in [-0.15, -0.1) is 0 Å². The van der Waals surface area contributed by atoms with Gasteiger partial charge in [0.15, 0.2) is 0 Å². The lowest BCUT2D eigenvalue weighted by atomic mass is 9.97. The Hall–Kier alpha value is -2.69. The smallest absolute Gasteiger partial charge is 0.270 e. The summed E-state index contributed by atoms with van der Waals surface area (Å²) >= 11 is 0. The molecule has 25 heavy (non-hydrogen) atoms. The van der Waals surface area contributed by atoms with E-state index in [4.69, 9.17) is 0 Å². The lowest BCUT2D eigenvalue weighted by Gasteiger charge is -2.13. The van der Waals surface area contributed by atoms with Crippen LogP contribution in [0.4, 0.5) is 5.69 Å².